The highest BCUT2D eigenvalue weighted by Crippen LogP contribution is 2.32. The Morgan fingerprint density at radius 2 is 1.76 bits per heavy atom. The van der Waals surface area contributed by atoms with Crippen molar-refractivity contribution in [2.75, 3.05) is 14.2 Å². The van der Waals surface area contributed by atoms with Crippen molar-refractivity contribution < 1.29 is 14.3 Å². The molecule has 5 nitrogen and oxygen atoms in total. The van der Waals surface area contributed by atoms with Crippen molar-refractivity contribution in [3.63, 3.8) is 0 Å². The van der Waals surface area contributed by atoms with E-state index in [1.54, 1.807) is 14.2 Å². The topological polar surface area (TPSA) is 52.8 Å². The lowest BCUT2D eigenvalue weighted by Crippen LogP contribution is -2.14. The van der Waals surface area contributed by atoms with Gasteiger partial charge < -0.3 is 14.0 Å². The lowest BCUT2D eigenvalue weighted by molar-refractivity contribution is -0.117. The van der Waals surface area contributed by atoms with E-state index in [1.807, 2.05) is 54.9 Å². The summed E-state index contributed by atoms with van der Waals surface area (Å²) in [5, 5.41) is 0. The van der Waals surface area contributed by atoms with Crippen molar-refractivity contribution in [2.24, 2.45) is 12.0 Å². The largest absolute Gasteiger partial charge is 0.493 e. The zero-order valence-corrected chi connectivity index (χ0v) is 15.5. The first-order valence-corrected chi connectivity index (χ1v) is 8.68. The molecule has 1 amide bonds. The predicted molar refractivity (Wildman–Crippen MR) is 99.4 cm³/mol. The molecule has 0 unspecified atom stereocenters. The molecule has 0 fully saturated rings. The molecule has 3 rings (SSSR count). The molecule has 0 bridgehead atoms. The number of hydrogen-bond donors (Lipinski definition) is 0. The molecule has 0 aliphatic heterocycles. The van der Waals surface area contributed by atoms with E-state index in [9.17, 15) is 4.79 Å². The van der Waals surface area contributed by atoms with E-state index in [4.69, 9.17) is 9.47 Å². The number of carbonyl (C=O) groups excluding carboxylic acids is 1. The summed E-state index contributed by atoms with van der Waals surface area (Å²) < 4.78 is 13.6. The number of carbonyl (C=O) groups is 1. The van der Waals surface area contributed by atoms with Crippen LogP contribution in [0, 0.1) is 6.92 Å². The van der Waals surface area contributed by atoms with Gasteiger partial charge in [-0.2, -0.15) is 4.99 Å². The van der Waals surface area contributed by atoms with Crippen molar-refractivity contribution in [1.82, 2.24) is 4.57 Å². The van der Waals surface area contributed by atoms with Gasteiger partial charge in [0.1, 0.15) is 0 Å². The molecule has 0 atom stereocenters. The van der Waals surface area contributed by atoms with Crippen LogP contribution in [0.3, 0.4) is 0 Å². The van der Waals surface area contributed by atoms with Crippen molar-refractivity contribution in [2.45, 2.75) is 13.3 Å². The van der Waals surface area contributed by atoms with Gasteiger partial charge in [0.05, 0.1) is 30.9 Å². The molecule has 0 N–H and O–H groups in total. The SMILES string of the molecule is COc1cc2sc(=NC(=O)Cc3ccc(C)cc3)n(C)c2cc1OC. The molecule has 0 aliphatic rings. The molecule has 1 aromatic heterocycles. The molecule has 25 heavy (non-hydrogen) atoms. The molecule has 2 aromatic carbocycles. The fraction of sp³-hybridized carbons (Fsp3) is 0.263. The maximum absolute atomic E-state index is 12.3. The highest BCUT2D eigenvalue weighted by atomic mass is 32.1. The minimum absolute atomic E-state index is 0.162. The number of rotatable bonds is 4. The Morgan fingerprint density at radius 1 is 1.12 bits per heavy atom. The lowest BCUT2D eigenvalue weighted by atomic mass is 10.1. The van der Waals surface area contributed by atoms with Crippen LogP contribution in [0.1, 0.15) is 11.1 Å². The second-order valence-corrected chi connectivity index (χ2v) is 6.80. The van der Waals surface area contributed by atoms with E-state index in [1.165, 1.54) is 16.9 Å². The zero-order chi connectivity index (χ0) is 18.0. The van der Waals surface area contributed by atoms with Crippen LogP contribution in [0.25, 0.3) is 10.2 Å². The first kappa shape index (κ1) is 17.2. The van der Waals surface area contributed by atoms with Crippen LogP contribution in [-0.2, 0) is 18.3 Å². The van der Waals surface area contributed by atoms with Crippen LogP contribution in [0.2, 0.25) is 0 Å². The van der Waals surface area contributed by atoms with Gasteiger partial charge in [-0.05, 0) is 12.5 Å². The summed E-state index contributed by atoms with van der Waals surface area (Å²) in [6.07, 6.45) is 0.293. The number of thiazole rings is 1. The quantitative estimate of drug-likeness (QED) is 0.721. The molecule has 0 spiro atoms. The Bertz CT molecular complexity index is 984. The maximum Gasteiger partial charge on any atom is 0.252 e. The third-order valence-electron chi connectivity index (χ3n) is 4.01. The zero-order valence-electron chi connectivity index (χ0n) is 14.7. The number of ether oxygens (including phenoxy) is 2. The van der Waals surface area contributed by atoms with Gasteiger partial charge in [-0.25, -0.2) is 0 Å². The third-order valence-corrected chi connectivity index (χ3v) is 5.11. The monoisotopic (exact) mass is 356 g/mol. The molecule has 1 heterocycles. The summed E-state index contributed by atoms with van der Waals surface area (Å²) in [4.78, 5) is 17.3. The number of methoxy groups -OCH3 is 2. The van der Waals surface area contributed by atoms with Crippen molar-refractivity contribution in [3.05, 3.63) is 52.3 Å². The molecule has 6 heteroatoms. The number of amides is 1. The van der Waals surface area contributed by atoms with Gasteiger partial charge in [0.2, 0.25) is 0 Å². The Kier molecular flexibility index (Phi) is 4.90. The second-order valence-electron chi connectivity index (χ2n) is 5.79. The maximum atomic E-state index is 12.3. The number of aromatic nitrogens is 1. The third kappa shape index (κ3) is 3.58. The summed E-state index contributed by atoms with van der Waals surface area (Å²) >= 11 is 1.45. The Hall–Kier alpha value is -2.60. The van der Waals surface area contributed by atoms with Crippen LogP contribution in [0.15, 0.2) is 41.4 Å². The van der Waals surface area contributed by atoms with E-state index in [2.05, 4.69) is 4.99 Å². The average molecular weight is 356 g/mol. The van der Waals surface area contributed by atoms with Gasteiger partial charge in [0.15, 0.2) is 16.3 Å². The first-order chi connectivity index (χ1) is 12.0. The Balaban J connectivity index is 1.97. The lowest BCUT2D eigenvalue weighted by Gasteiger charge is -2.07. The number of hydrogen-bond acceptors (Lipinski definition) is 4. The standard InChI is InChI=1S/C19H20N2O3S/c1-12-5-7-13(8-6-12)9-18(22)20-19-21(2)14-10-15(23-3)16(24-4)11-17(14)25-19/h5-8,10-11H,9H2,1-4H3. The van der Waals surface area contributed by atoms with Crippen LogP contribution < -0.4 is 14.3 Å². The first-order valence-electron chi connectivity index (χ1n) is 7.86. The van der Waals surface area contributed by atoms with E-state index in [-0.39, 0.29) is 5.91 Å². The van der Waals surface area contributed by atoms with E-state index in [0.29, 0.717) is 22.7 Å². The summed E-state index contributed by atoms with van der Waals surface area (Å²) in [5.41, 5.74) is 3.09. The van der Waals surface area contributed by atoms with Crippen LogP contribution in [0.4, 0.5) is 0 Å². The van der Waals surface area contributed by atoms with E-state index in [0.717, 1.165) is 15.8 Å². The number of nitrogens with zero attached hydrogens (tertiary/aromatic N) is 2. The average Bonchev–Trinajstić information content (AvgIpc) is 2.90. The van der Waals surface area contributed by atoms with Crippen LogP contribution in [0.5, 0.6) is 11.5 Å². The number of fused-ring (bicyclic) bond motifs is 1. The normalized spacial score (nSPS) is 11.8. The molecule has 0 saturated heterocycles. The minimum Gasteiger partial charge on any atom is -0.493 e. The molecule has 0 saturated carbocycles. The Morgan fingerprint density at radius 3 is 2.40 bits per heavy atom. The molecular weight excluding hydrogens is 336 g/mol. The van der Waals surface area contributed by atoms with Crippen molar-refractivity contribution in [3.8, 4) is 11.5 Å². The summed E-state index contributed by atoms with van der Waals surface area (Å²) in [6, 6.07) is 11.7. The molecule has 0 aliphatic carbocycles. The summed E-state index contributed by atoms with van der Waals surface area (Å²) in [5.74, 6) is 1.15. The second kappa shape index (κ2) is 7.11. The van der Waals surface area contributed by atoms with Gasteiger partial charge in [-0.15, -0.1) is 0 Å². The molecular formula is C19H20N2O3S. The summed E-state index contributed by atoms with van der Waals surface area (Å²) in [6.45, 7) is 2.02. The van der Waals surface area contributed by atoms with Gasteiger partial charge in [-0.1, -0.05) is 41.2 Å². The van der Waals surface area contributed by atoms with Gasteiger partial charge >= 0.3 is 0 Å². The molecule has 130 valence electrons. The highest BCUT2D eigenvalue weighted by molar-refractivity contribution is 7.16. The van der Waals surface area contributed by atoms with Gasteiger partial charge in [0.25, 0.3) is 5.91 Å². The summed E-state index contributed by atoms with van der Waals surface area (Å²) in [7, 11) is 5.10. The van der Waals surface area contributed by atoms with Crippen molar-refractivity contribution in [1.29, 1.82) is 0 Å². The van der Waals surface area contributed by atoms with Gasteiger partial charge in [-0.3, -0.25) is 4.79 Å². The van der Waals surface area contributed by atoms with Gasteiger partial charge in [0, 0.05) is 19.2 Å². The van der Waals surface area contributed by atoms with E-state index >= 15 is 0 Å². The van der Waals surface area contributed by atoms with Crippen molar-refractivity contribution >= 4 is 27.5 Å². The van der Waals surface area contributed by atoms with Crippen LogP contribution >= 0.6 is 11.3 Å². The highest BCUT2D eigenvalue weighted by Gasteiger charge is 2.11. The fourth-order valence-corrected chi connectivity index (χ4v) is 3.63. The van der Waals surface area contributed by atoms with E-state index < -0.39 is 0 Å². The molecule has 0 radical (unpaired) electrons. The fourth-order valence-electron chi connectivity index (χ4n) is 2.59. The van der Waals surface area contributed by atoms with Crippen LogP contribution in [-0.4, -0.2) is 24.7 Å². The smallest absolute Gasteiger partial charge is 0.252 e. The predicted octanol–water partition coefficient (Wildman–Crippen LogP) is 3.24. The minimum atomic E-state index is -0.162. The number of benzene rings is 2. The molecule has 3 aromatic rings. The Labute approximate surface area is 150 Å². The number of aryl methyl sites for hydroxylation is 2.